The molecule has 10 heteroatoms. The molecule has 1 aliphatic rings. The molecule has 0 saturated heterocycles. The molecule has 0 radical (unpaired) electrons. The highest BCUT2D eigenvalue weighted by molar-refractivity contribution is 7.89. The van der Waals surface area contributed by atoms with Crippen molar-refractivity contribution in [2.75, 3.05) is 13.7 Å². The summed E-state index contributed by atoms with van der Waals surface area (Å²) < 4.78 is 60.4. The Morgan fingerprint density at radius 3 is 2.55 bits per heavy atom. The number of sulfonamides is 1. The van der Waals surface area contributed by atoms with Gasteiger partial charge in [0.2, 0.25) is 10.0 Å². The molecule has 1 atom stereocenters. The van der Waals surface area contributed by atoms with Crippen LogP contribution in [0.15, 0.2) is 46.1 Å². The van der Waals surface area contributed by atoms with E-state index in [1.807, 2.05) is 0 Å². The highest BCUT2D eigenvalue weighted by atomic mass is 35.5. The van der Waals surface area contributed by atoms with Crippen LogP contribution >= 0.6 is 11.6 Å². The van der Waals surface area contributed by atoms with E-state index in [1.54, 1.807) is 6.07 Å². The summed E-state index contributed by atoms with van der Waals surface area (Å²) in [4.78, 5) is 14.9. The second-order valence-electron chi connectivity index (χ2n) is 6.67. The Morgan fingerprint density at radius 2 is 1.86 bits per heavy atom. The number of aromatic nitrogens is 1. The Labute approximate surface area is 169 Å². The zero-order valence-electron chi connectivity index (χ0n) is 15.1. The van der Waals surface area contributed by atoms with E-state index in [9.17, 15) is 22.0 Å². The third-order valence-corrected chi connectivity index (χ3v) is 7.05. The second kappa shape index (κ2) is 7.17. The topological polar surface area (TPSA) is 79.5 Å². The van der Waals surface area contributed by atoms with Crippen molar-refractivity contribution in [1.82, 2.24) is 9.29 Å². The molecular formula is C19H15ClF2N2O4S. The molecule has 1 aromatic heterocycles. The van der Waals surface area contributed by atoms with Crippen LogP contribution in [0.2, 0.25) is 5.02 Å². The van der Waals surface area contributed by atoms with Crippen molar-refractivity contribution in [2.24, 2.45) is 0 Å². The van der Waals surface area contributed by atoms with Crippen LogP contribution in [-0.4, -0.2) is 31.4 Å². The molecule has 0 bridgehead atoms. The van der Waals surface area contributed by atoms with Crippen molar-refractivity contribution in [3.05, 3.63) is 74.7 Å². The van der Waals surface area contributed by atoms with Crippen LogP contribution in [-0.2, 0) is 21.4 Å². The standard InChI is InChI=1S/C19H15ClF2N2O4S/c1-24(29(26,27)11-4-2-3-10(20)5-11)17-9-28-8-16-18(17)12-6-14(21)15(22)7-13(12)19(25)23-16/h2-7,17H,8-9H2,1H3,(H,23,25)/t17-/m0/s1. The van der Waals surface area contributed by atoms with Crippen molar-refractivity contribution in [3.8, 4) is 0 Å². The highest BCUT2D eigenvalue weighted by Gasteiger charge is 2.35. The summed E-state index contributed by atoms with van der Waals surface area (Å²) in [5, 5.41) is 0.333. The van der Waals surface area contributed by atoms with Gasteiger partial charge < -0.3 is 9.72 Å². The molecule has 2 aromatic carbocycles. The lowest BCUT2D eigenvalue weighted by molar-refractivity contribution is 0.0626. The van der Waals surface area contributed by atoms with Gasteiger partial charge in [-0.2, -0.15) is 4.31 Å². The lowest BCUT2D eigenvalue weighted by atomic mass is 9.96. The first kappa shape index (κ1) is 20.0. The molecule has 6 nitrogen and oxygen atoms in total. The molecule has 29 heavy (non-hydrogen) atoms. The Morgan fingerprint density at radius 1 is 1.17 bits per heavy atom. The molecular weight excluding hydrogens is 426 g/mol. The molecule has 0 amide bonds. The van der Waals surface area contributed by atoms with Crippen molar-refractivity contribution in [2.45, 2.75) is 17.5 Å². The summed E-state index contributed by atoms with van der Waals surface area (Å²) in [6, 6.07) is 6.64. The van der Waals surface area contributed by atoms with E-state index in [-0.39, 0.29) is 33.9 Å². The summed E-state index contributed by atoms with van der Waals surface area (Å²) in [6.45, 7) is -0.00943. The van der Waals surface area contributed by atoms with Crippen molar-refractivity contribution < 1.29 is 21.9 Å². The van der Waals surface area contributed by atoms with Crippen LogP contribution in [0.5, 0.6) is 0 Å². The molecule has 2 heterocycles. The van der Waals surface area contributed by atoms with Gasteiger partial charge >= 0.3 is 0 Å². The number of H-pyrrole nitrogens is 1. The number of halogens is 3. The number of rotatable bonds is 3. The number of hydrogen-bond acceptors (Lipinski definition) is 4. The number of nitrogens with zero attached hydrogens (tertiary/aromatic N) is 1. The van der Waals surface area contributed by atoms with Gasteiger partial charge in [0.15, 0.2) is 11.6 Å². The van der Waals surface area contributed by atoms with E-state index < -0.39 is 33.3 Å². The minimum atomic E-state index is -3.99. The summed E-state index contributed by atoms with van der Waals surface area (Å²) >= 11 is 5.93. The summed E-state index contributed by atoms with van der Waals surface area (Å²) in [6.07, 6.45) is 0. The van der Waals surface area contributed by atoms with Gasteiger partial charge in [0.1, 0.15) is 0 Å². The van der Waals surface area contributed by atoms with Crippen molar-refractivity contribution in [1.29, 1.82) is 0 Å². The monoisotopic (exact) mass is 440 g/mol. The number of fused-ring (bicyclic) bond motifs is 3. The molecule has 4 rings (SSSR count). The quantitative estimate of drug-likeness (QED) is 0.677. The SMILES string of the molecule is CN([C@H]1COCc2[nH]c(=O)c3cc(F)c(F)cc3c21)S(=O)(=O)c1cccc(Cl)c1. The molecule has 3 aromatic rings. The minimum Gasteiger partial charge on any atom is -0.373 e. The van der Waals surface area contributed by atoms with Gasteiger partial charge in [0, 0.05) is 23.3 Å². The van der Waals surface area contributed by atoms with Gasteiger partial charge in [0.05, 0.1) is 29.5 Å². The lowest BCUT2D eigenvalue weighted by Gasteiger charge is -2.33. The van der Waals surface area contributed by atoms with Gasteiger partial charge in [-0.25, -0.2) is 17.2 Å². The maximum atomic E-state index is 14.0. The molecule has 152 valence electrons. The molecule has 0 spiro atoms. The van der Waals surface area contributed by atoms with Crippen LogP contribution < -0.4 is 5.56 Å². The maximum Gasteiger partial charge on any atom is 0.256 e. The molecule has 1 aliphatic heterocycles. The molecule has 0 unspecified atom stereocenters. The number of aromatic amines is 1. The zero-order chi connectivity index (χ0) is 20.9. The molecule has 0 fully saturated rings. The summed E-state index contributed by atoms with van der Waals surface area (Å²) in [5.74, 6) is -2.29. The van der Waals surface area contributed by atoms with Gasteiger partial charge in [-0.15, -0.1) is 0 Å². The Bertz CT molecular complexity index is 1290. The number of benzene rings is 2. The van der Waals surface area contributed by atoms with Gasteiger partial charge in [-0.1, -0.05) is 17.7 Å². The molecule has 0 saturated carbocycles. The smallest absolute Gasteiger partial charge is 0.256 e. The summed E-state index contributed by atoms with van der Waals surface area (Å²) in [7, 11) is -2.63. The van der Waals surface area contributed by atoms with Crippen molar-refractivity contribution in [3.63, 3.8) is 0 Å². The fraction of sp³-hybridized carbons (Fsp3) is 0.211. The number of nitrogens with one attached hydrogen (secondary N) is 1. The number of ether oxygens (including phenoxy) is 1. The third kappa shape index (κ3) is 3.33. The average molecular weight is 441 g/mol. The first-order valence-corrected chi connectivity index (χ1v) is 10.4. The van der Waals surface area contributed by atoms with E-state index in [0.29, 0.717) is 11.3 Å². The Kier molecular flexibility index (Phi) is 4.94. The number of likely N-dealkylation sites (N-methyl/N-ethyl adjacent to an activating group) is 1. The molecule has 0 aliphatic carbocycles. The van der Waals surface area contributed by atoms with Gasteiger partial charge in [-0.05, 0) is 35.7 Å². The number of hydrogen-bond donors (Lipinski definition) is 1. The van der Waals surface area contributed by atoms with Gasteiger partial charge in [-0.3, -0.25) is 4.79 Å². The normalized spacial score (nSPS) is 16.9. The molecule has 1 N–H and O–H groups in total. The highest BCUT2D eigenvalue weighted by Crippen LogP contribution is 2.36. The average Bonchev–Trinajstić information content (AvgIpc) is 2.68. The van der Waals surface area contributed by atoms with E-state index in [2.05, 4.69) is 4.98 Å². The zero-order valence-corrected chi connectivity index (χ0v) is 16.7. The van der Waals surface area contributed by atoms with E-state index >= 15 is 0 Å². The minimum absolute atomic E-state index is 0.0149. The fourth-order valence-electron chi connectivity index (χ4n) is 3.49. The van der Waals surface area contributed by atoms with Crippen molar-refractivity contribution >= 4 is 32.4 Å². The van der Waals surface area contributed by atoms with E-state index in [4.69, 9.17) is 16.3 Å². The van der Waals surface area contributed by atoms with Crippen LogP contribution in [0, 0.1) is 11.6 Å². The van der Waals surface area contributed by atoms with E-state index in [0.717, 1.165) is 16.4 Å². The van der Waals surface area contributed by atoms with Gasteiger partial charge in [0.25, 0.3) is 5.56 Å². The van der Waals surface area contributed by atoms with Crippen LogP contribution in [0.3, 0.4) is 0 Å². The van der Waals surface area contributed by atoms with Crippen LogP contribution in [0.4, 0.5) is 8.78 Å². The van der Waals surface area contributed by atoms with Crippen LogP contribution in [0.1, 0.15) is 17.3 Å². The van der Waals surface area contributed by atoms with E-state index in [1.165, 1.54) is 25.2 Å². The first-order chi connectivity index (χ1) is 13.7. The fourth-order valence-corrected chi connectivity index (χ4v) is 5.11. The third-order valence-electron chi connectivity index (χ3n) is 4.95. The maximum absolute atomic E-state index is 14.0. The predicted molar refractivity (Wildman–Crippen MR) is 103 cm³/mol. The Hall–Kier alpha value is -2.33. The van der Waals surface area contributed by atoms with Crippen LogP contribution in [0.25, 0.3) is 10.8 Å². The number of pyridine rings is 1. The second-order valence-corrected chi connectivity index (χ2v) is 9.10. The first-order valence-electron chi connectivity index (χ1n) is 8.55. The largest absolute Gasteiger partial charge is 0.373 e. The lowest BCUT2D eigenvalue weighted by Crippen LogP contribution is -2.37. The predicted octanol–water partition coefficient (Wildman–Crippen LogP) is 3.35. The summed E-state index contributed by atoms with van der Waals surface area (Å²) in [5.41, 5.74) is 0.0815. The Balaban J connectivity index is 1.91.